The van der Waals surface area contributed by atoms with E-state index in [1.165, 1.54) is 4.90 Å². The minimum Gasteiger partial charge on any atom is -0.507 e. The van der Waals surface area contributed by atoms with E-state index in [0.717, 1.165) is 0 Å². The lowest BCUT2D eigenvalue weighted by atomic mass is 9.95. The highest BCUT2D eigenvalue weighted by molar-refractivity contribution is 6.51. The third-order valence-corrected chi connectivity index (χ3v) is 5.99. The zero-order chi connectivity index (χ0) is 27.4. The first-order valence-corrected chi connectivity index (χ1v) is 12.6. The van der Waals surface area contributed by atoms with Crippen LogP contribution in [-0.2, 0) is 14.3 Å². The molecule has 1 amide bonds. The number of aliphatic hydroxyl groups excluding tert-OH is 1. The number of carbonyl (C=O) groups excluding carboxylic acids is 3. The van der Waals surface area contributed by atoms with Crippen molar-refractivity contribution in [3.8, 4) is 5.75 Å². The minimum atomic E-state index is -0.860. The van der Waals surface area contributed by atoms with E-state index in [4.69, 9.17) is 9.47 Å². The van der Waals surface area contributed by atoms with Gasteiger partial charge in [-0.15, -0.1) is 0 Å². The molecule has 196 valence electrons. The molecule has 0 radical (unpaired) electrons. The molecule has 1 aliphatic rings. The van der Waals surface area contributed by atoms with Crippen LogP contribution in [-0.4, -0.2) is 35.5 Å². The van der Waals surface area contributed by atoms with E-state index in [0.29, 0.717) is 40.7 Å². The first-order chi connectivity index (χ1) is 18.2. The maximum absolute atomic E-state index is 13.3. The molecule has 1 fully saturated rings. The standard InChI is InChI=1S/C31H31NO6/c1-19(2)18-37-25-16-12-22(13-17-25)28(33)26-27(21-8-6-5-7-9-21)32(30(35)29(26)34)24-14-10-23(11-15-24)31(36)38-20(3)4/h5-17,19-20,27,33H,18H2,1-4H3/b28-26+. The van der Waals surface area contributed by atoms with Crippen LogP contribution in [0.15, 0.2) is 84.4 Å². The fourth-order valence-electron chi connectivity index (χ4n) is 4.22. The third-order valence-electron chi connectivity index (χ3n) is 5.99. The molecule has 0 spiro atoms. The maximum atomic E-state index is 13.3. The molecule has 1 atom stereocenters. The van der Waals surface area contributed by atoms with Gasteiger partial charge in [0.1, 0.15) is 11.5 Å². The molecule has 0 aromatic heterocycles. The van der Waals surface area contributed by atoms with E-state index in [1.807, 2.05) is 19.9 Å². The molecule has 1 N–H and O–H groups in total. The van der Waals surface area contributed by atoms with Gasteiger partial charge in [0.2, 0.25) is 0 Å². The SMILES string of the molecule is CC(C)COc1ccc(/C(O)=C2\C(=O)C(=O)N(c3ccc(C(=O)OC(C)C)cc3)C2c2ccccc2)cc1. The van der Waals surface area contributed by atoms with Crippen LogP contribution in [0.3, 0.4) is 0 Å². The van der Waals surface area contributed by atoms with E-state index >= 15 is 0 Å². The maximum Gasteiger partial charge on any atom is 0.338 e. The van der Waals surface area contributed by atoms with Crippen molar-refractivity contribution in [1.82, 2.24) is 0 Å². The van der Waals surface area contributed by atoms with Crippen LogP contribution in [0.1, 0.15) is 55.2 Å². The quantitative estimate of drug-likeness (QED) is 0.174. The molecule has 38 heavy (non-hydrogen) atoms. The Bertz CT molecular complexity index is 1340. The molecule has 1 saturated heterocycles. The number of nitrogens with zero attached hydrogens (tertiary/aromatic N) is 1. The molecular weight excluding hydrogens is 482 g/mol. The van der Waals surface area contributed by atoms with Gasteiger partial charge in [-0.25, -0.2) is 4.79 Å². The first kappa shape index (κ1) is 26.7. The summed E-state index contributed by atoms with van der Waals surface area (Å²) in [6, 6.07) is 21.3. The number of rotatable bonds is 8. The normalized spacial score (nSPS) is 16.8. The number of esters is 1. The molecule has 0 bridgehead atoms. The van der Waals surface area contributed by atoms with Crippen molar-refractivity contribution < 1.29 is 29.0 Å². The summed E-state index contributed by atoms with van der Waals surface area (Å²) in [4.78, 5) is 40.3. The van der Waals surface area contributed by atoms with Gasteiger partial charge in [-0.1, -0.05) is 44.2 Å². The van der Waals surface area contributed by atoms with Crippen LogP contribution >= 0.6 is 0 Å². The Morgan fingerprint density at radius 3 is 2.05 bits per heavy atom. The zero-order valence-corrected chi connectivity index (χ0v) is 21.9. The van der Waals surface area contributed by atoms with Crippen molar-refractivity contribution in [3.63, 3.8) is 0 Å². The van der Waals surface area contributed by atoms with Gasteiger partial charge in [-0.3, -0.25) is 14.5 Å². The smallest absolute Gasteiger partial charge is 0.338 e. The summed E-state index contributed by atoms with van der Waals surface area (Å²) in [5.74, 6) is -1.30. The Balaban J connectivity index is 1.74. The number of Topliss-reactive ketones (excluding diaryl/α,β-unsaturated/α-hetero) is 1. The highest BCUT2D eigenvalue weighted by atomic mass is 16.5. The number of ketones is 1. The second-order valence-corrected chi connectivity index (χ2v) is 9.81. The van der Waals surface area contributed by atoms with E-state index in [2.05, 4.69) is 0 Å². The first-order valence-electron chi connectivity index (χ1n) is 12.6. The number of amides is 1. The summed E-state index contributed by atoms with van der Waals surface area (Å²) < 4.78 is 11.0. The lowest BCUT2D eigenvalue weighted by Gasteiger charge is -2.25. The number of aliphatic hydroxyl groups is 1. The van der Waals surface area contributed by atoms with E-state index in [-0.39, 0.29) is 17.4 Å². The summed E-state index contributed by atoms with van der Waals surface area (Å²) in [6.45, 7) is 8.18. The number of ether oxygens (including phenoxy) is 2. The second-order valence-electron chi connectivity index (χ2n) is 9.81. The van der Waals surface area contributed by atoms with Crippen LogP contribution in [0.5, 0.6) is 5.75 Å². The molecule has 7 heteroatoms. The Labute approximate surface area is 222 Å². The molecule has 0 aliphatic carbocycles. The van der Waals surface area contributed by atoms with Gasteiger partial charge in [0.25, 0.3) is 11.7 Å². The summed E-state index contributed by atoms with van der Waals surface area (Å²) in [5, 5.41) is 11.3. The third kappa shape index (κ3) is 5.62. The molecule has 0 saturated carbocycles. The molecule has 1 unspecified atom stereocenters. The van der Waals surface area contributed by atoms with E-state index in [9.17, 15) is 19.5 Å². The second kappa shape index (κ2) is 11.3. The average molecular weight is 514 g/mol. The molecule has 1 heterocycles. The van der Waals surface area contributed by atoms with Crippen molar-refractivity contribution >= 4 is 29.1 Å². The topological polar surface area (TPSA) is 93.1 Å². The van der Waals surface area contributed by atoms with Crippen molar-refractivity contribution in [2.24, 2.45) is 5.92 Å². The average Bonchev–Trinajstić information content (AvgIpc) is 3.17. The monoisotopic (exact) mass is 513 g/mol. The number of hydrogen-bond acceptors (Lipinski definition) is 6. The van der Waals surface area contributed by atoms with Gasteiger partial charge in [0, 0.05) is 11.3 Å². The Kier molecular flexibility index (Phi) is 7.96. The van der Waals surface area contributed by atoms with Crippen LogP contribution in [0.25, 0.3) is 5.76 Å². The van der Waals surface area contributed by atoms with Crippen LogP contribution in [0.2, 0.25) is 0 Å². The van der Waals surface area contributed by atoms with Crippen LogP contribution < -0.4 is 9.64 Å². The minimum absolute atomic E-state index is 0.0136. The van der Waals surface area contributed by atoms with Gasteiger partial charge in [0.05, 0.1) is 29.9 Å². The highest BCUT2D eigenvalue weighted by Gasteiger charge is 2.46. The van der Waals surface area contributed by atoms with Crippen LogP contribution in [0, 0.1) is 5.92 Å². The molecule has 3 aromatic rings. The molecular formula is C31H31NO6. The van der Waals surface area contributed by atoms with E-state index < -0.39 is 23.7 Å². The predicted molar refractivity (Wildman–Crippen MR) is 145 cm³/mol. The van der Waals surface area contributed by atoms with Gasteiger partial charge >= 0.3 is 5.97 Å². The zero-order valence-electron chi connectivity index (χ0n) is 21.9. The van der Waals surface area contributed by atoms with E-state index in [1.54, 1.807) is 86.6 Å². The number of carbonyl (C=O) groups is 3. The molecule has 4 rings (SSSR count). The lowest BCUT2D eigenvalue weighted by molar-refractivity contribution is -0.132. The fourth-order valence-corrected chi connectivity index (χ4v) is 4.22. The van der Waals surface area contributed by atoms with Crippen molar-refractivity contribution in [2.75, 3.05) is 11.5 Å². The summed E-state index contributed by atoms with van der Waals surface area (Å²) in [6.07, 6.45) is -0.270. The molecule has 3 aromatic carbocycles. The summed E-state index contributed by atoms with van der Waals surface area (Å²) in [5.41, 5.74) is 1.79. The van der Waals surface area contributed by atoms with Crippen LogP contribution in [0.4, 0.5) is 5.69 Å². The molecule has 1 aliphatic heterocycles. The van der Waals surface area contributed by atoms with Crippen molar-refractivity contribution in [3.05, 3.63) is 101 Å². The van der Waals surface area contributed by atoms with Gasteiger partial charge < -0.3 is 14.6 Å². The fraction of sp³-hybridized carbons (Fsp3) is 0.258. The van der Waals surface area contributed by atoms with Gasteiger partial charge in [-0.2, -0.15) is 0 Å². The summed E-state index contributed by atoms with van der Waals surface area (Å²) >= 11 is 0. The number of anilines is 1. The lowest BCUT2D eigenvalue weighted by Crippen LogP contribution is -2.29. The Morgan fingerprint density at radius 2 is 1.47 bits per heavy atom. The number of benzene rings is 3. The summed E-state index contributed by atoms with van der Waals surface area (Å²) in [7, 11) is 0. The van der Waals surface area contributed by atoms with Crippen molar-refractivity contribution in [2.45, 2.75) is 39.8 Å². The number of hydrogen-bond donors (Lipinski definition) is 1. The Hall–Kier alpha value is -4.39. The molecule has 7 nitrogen and oxygen atoms in total. The predicted octanol–water partition coefficient (Wildman–Crippen LogP) is 5.91. The van der Waals surface area contributed by atoms with Crippen molar-refractivity contribution in [1.29, 1.82) is 0 Å². The largest absolute Gasteiger partial charge is 0.507 e. The van der Waals surface area contributed by atoms with Gasteiger partial charge in [0.15, 0.2) is 0 Å². The Morgan fingerprint density at radius 1 is 0.868 bits per heavy atom. The van der Waals surface area contributed by atoms with Gasteiger partial charge in [-0.05, 0) is 73.9 Å². The highest BCUT2D eigenvalue weighted by Crippen LogP contribution is 2.42.